The van der Waals surface area contributed by atoms with Gasteiger partial charge in [-0.3, -0.25) is 4.68 Å². The molecule has 2 rings (SSSR count). The zero-order valence-corrected chi connectivity index (χ0v) is 11.6. The maximum absolute atomic E-state index is 12.8. The summed E-state index contributed by atoms with van der Waals surface area (Å²) in [6, 6.07) is 0. The zero-order chi connectivity index (χ0) is 14.8. The van der Waals surface area contributed by atoms with E-state index >= 15 is 0 Å². The lowest BCUT2D eigenvalue weighted by Crippen LogP contribution is -2.34. The second kappa shape index (κ2) is 6.16. The van der Waals surface area contributed by atoms with E-state index in [0.717, 1.165) is 12.1 Å². The van der Waals surface area contributed by atoms with Gasteiger partial charge in [-0.15, -0.1) is 0 Å². The molecule has 0 spiro atoms. The molecule has 1 N–H and O–H groups in total. The molecule has 1 heterocycles. The van der Waals surface area contributed by atoms with Crippen molar-refractivity contribution in [1.82, 2.24) is 9.78 Å². The van der Waals surface area contributed by atoms with E-state index in [2.05, 4.69) is 5.10 Å². The van der Waals surface area contributed by atoms with Gasteiger partial charge in [0.15, 0.2) is 0 Å². The standard InChI is InChI=1S/C14H21F3N2O/c1-2-19-9-10(8-18-19)6-13(20)11-4-3-5-12(7-11)14(15,16)17/h8-9,11-13,20H,2-7H2,1H3. The van der Waals surface area contributed by atoms with Crippen LogP contribution in [0.25, 0.3) is 0 Å². The van der Waals surface area contributed by atoms with Gasteiger partial charge < -0.3 is 5.11 Å². The molecule has 6 heteroatoms. The Labute approximate surface area is 116 Å². The SMILES string of the molecule is CCn1cc(CC(O)C2CCCC(C(F)(F)F)C2)cn1. The van der Waals surface area contributed by atoms with Gasteiger partial charge in [0.05, 0.1) is 18.2 Å². The van der Waals surface area contributed by atoms with Crippen LogP contribution in [0.1, 0.15) is 38.2 Å². The van der Waals surface area contributed by atoms with Crippen LogP contribution in [0.4, 0.5) is 13.2 Å². The second-order valence-corrected chi connectivity index (χ2v) is 5.64. The van der Waals surface area contributed by atoms with Crippen LogP contribution in [0.5, 0.6) is 0 Å². The molecule has 3 nitrogen and oxygen atoms in total. The first-order valence-corrected chi connectivity index (χ1v) is 7.16. The quantitative estimate of drug-likeness (QED) is 0.925. The van der Waals surface area contributed by atoms with E-state index in [1.54, 1.807) is 10.9 Å². The first-order valence-electron chi connectivity index (χ1n) is 7.16. The first-order chi connectivity index (χ1) is 9.40. The monoisotopic (exact) mass is 290 g/mol. The lowest BCUT2D eigenvalue weighted by molar-refractivity contribution is -0.188. The molecule has 3 atom stereocenters. The summed E-state index contributed by atoms with van der Waals surface area (Å²) < 4.78 is 40.0. The number of alkyl halides is 3. The fourth-order valence-corrected chi connectivity index (χ4v) is 2.97. The fourth-order valence-electron chi connectivity index (χ4n) is 2.97. The minimum absolute atomic E-state index is 0.0482. The molecular formula is C14H21F3N2O. The topological polar surface area (TPSA) is 38.0 Å². The number of rotatable bonds is 4. The second-order valence-electron chi connectivity index (χ2n) is 5.64. The average Bonchev–Trinajstić information content (AvgIpc) is 2.85. The van der Waals surface area contributed by atoms with E-state index in [1.165, 1.54) is 0 Å². The summed E-state index contributed by atoms with van der Waals surface area (Å²) in [6.45, 7) is 2.71. The van der Waals surface area contributed by atoms with Crippen molar-refractivity contribution in [3.63, 3.8) is 0 Å². The molecule has 1 aromatic heterocycles. The smallest absolute Gasteiger partial charge is 0.391 e. The lowest BCUT2D eigenvalue weighted by Gasteiger charge is -2.33. The highest BCUT2D eigenvalue weighted by atomic mass is 19.4. The molecule has 0 aliphatic heterocycles. The van der Waals surface area contributed by atoms with Crippen molar-refractivity contribution in [2.24, 2.45) is 11.8 Å². The Balaban J connectivity index is 1.93. The van der Waals surface area contributed by atoms with Gasteiger partial charge in [0.2, 0.25) is 0 Å². The van der Waals surface area contributed by atoms with Gasteiger partial charge in [0.25, 0.3) is 0 Å². The number of nitrogens with zero attached hydrogens (tertiary/aromatic N) is 2. The first kappa shape index (κ1) is 15.4. The minimum atomic E-state index is -4.13. The molecule has 0 aromatic carbocycles. The van der Waals surface area contributed by atoms with E-state index in [0.29, 0.717) is 19.3 Å². The Morgan fingerprint density at radius 1 is 1.45 bits per heavy atom. The number of halogens is 3. The van der Waals surface area contributed by atoms with Gasteiger partial charge in [0.1, 0.15) is 0 Å². The van der Waals surface area contributed by atoms with Crippen LogP contribution in [0.15, 0.2) is 12.4 Å². The van der Waals surface area contributed by atoms with E-state index in [1.807, 2.05) is 13.1 Å². The van der Waals surface area contributed by atoms with Crippen LogP contribution in [0.2, 0.25) is 0 Å². The van der Waals surface area contributed by atoms with Crippen LogP contribution < -0.4 is 0 Å². The normalized spacial score (nSPS) is 25.6. The van der Waals surface area contributed by atoms with Crippen molar-refractivity contribution >= 4 is 0 Å². The molecule has 20 heavy (non-hydrogen) atoms. The third-order valence-corrected chi connectivity index (χ3v) is 4.18. The van der Waals surface area contributed by atoms with Gasteiger partial charge >= 0.3 is 6.18 Å². The number of hydrogen-bond acceptors (Lipinski definition) is 2. The highest BCUT2D eigenvalue weighted by Crippen LogP contribution is 2.41. The molecule has 1 saturated carbocycles. The average molecular weight is 290 g/mol. The predicted molar refractivity (Wildman–Crippen MR) is 69.1 cm³/mol. The van der Waals surface area contributed by atoms with Gasteiger partial charge in [-0.05, 0) is 37.7 Å². The van der Waals surface area contributed by atoms with E-state index < -0.39 is 18.2 Å². The van der Waals surface area contributed by atoms with E-state index in [4.69, 9.17) is 0 Å². The van der Waals surface area contributed by atoms with Crippen molar-refractivity contribution in [1.29, 1.82) is 0 Å². The van der Waals surface area contributed by atoms with Crippen LogP contribution in [0, 0.1) is 11.8 Å². The molecule has 1 aliphatic carbocycles. The summed E-state index contributed by atoms with van der Waals surface area (Å²) in [6.07, 6.45) is 0.517. The Morgan fingerprint density at radius 2 is 2.20 bits per heavy atom. The van der Waals surface area contributed by atoms with Crippen molar-refractivity contribution < 1.29 is 18.3 Å². The fraction of sp³-hybridized carbons (Fsp3) is 0.786. The van der Waals surface area contributed by atoms with E-state index in [9.17, 15) is 18.3 Å². The summed E-state index contributed by atoms with van der Waals surface area (Å²) in [4.78, 5) is 0. The third kappa shape index (κ3) is 3.75. The van der Waals surface area contributed by atoms with Crippen molar-refractivity contribution in [2.45, 2.75) is 57.9 Å². The molecule has 0 saturated heterocycles. The molecule has 114 valence electrons. The molecule has 0 radical (unpaired) electrons. The van der Waals surface area contributed by atoms with Crippen molar-refractivity contribution in [3.05, 3.63) is 18.0 Å². The van der Waals surface area contributed by atoms with Gasteiger partial charge in [-0.25, -0.2) is 0 Å². The van der Waals surface area contributed by atoms with Crippen molar-refractivity contribution in [2.75, 3.05) is 0 Å². The highest BCUT2D eigenvalue weighted by Gasteiger charge is 2.43. The molecule has 1 aliphatic rings. The number of aryl methyl sites for hydroxylation is 1. The van der Waals surface area contributed by atoms with Gasteiger partial charge in [-0.1, -0.05) is 6.42 Å². The maximum Gasteiger partial charge on any atom is 0.391 e. The Hall–Kier alpha value is -1.04. The largest absolute Gasteiger partial charge is 0.392 e. The van der Waals surface area contributed by atoms with Crippen LogP contribution in [-0.4, -0.2) is 27.2 Å². The van der Waals surface area contributed by atoms with Gasteiger partial charge in [-0.2, -0.15) is 18.3 Å². The van der Waals surface area contributed by atoms with Crippen molar-refractivity contribution in [3.8, 4) is 0 Å². The molecule has 1 aromatic rings. The molecular weight excluding hydrogens is 269 g/mol. The summed E-state index contributed by atoms with van der Waals surface area (Å²) in [5.74, 6) is -1.52. The summed E-state index contributed by atoms with van der Waals surface area (Å²) >= 11 is 0. The van der Waals surface area contributed by atoms with Crippen LogP contribution >= 0.6 is 0 Å². The number of hydrogen-bond donors (Lipinski definition) is 1. The maximum atomic E-state index is 12.8. The summed E-state index contributed by atoms with van der Waals surface area (Å²) in [7, 11) is 0. The summed E-state index contributed by atoms with van der Waals surface area (Å²) in [5.41, 5.74) is 0.883. The molecule has 0 bridgehead atoms. The zero-order valence-electron chi connectivity index (χ0n) is 11.6. The number of aliphatic hydroxyl groups is 1. The third-order valence-electron chi connectivity index (χ3n) is 4.18. The Bertz CT molecular complexity index is 430. The number of aromatic nitrogens is 2. The molecule has 3 unspecified atom stereocenters. The predicted octanol–water partition coefficient (Wildman–Crippen LogP) is 3.18. The van der Waals surface area contributed by atoms with Crippen LogP contribution in [0.3, 0.4) is 0 Å². The minimum Gasteiger partial charge on any atom is -0.392 e. The van der Waals surface area contributed by atoms with Gasteiger partial charge in [0, 0.05) is 19.2 Å². The Kier molecular flexibility index (Phi) is 4.73. The molecule has 1 fully saturated rings. The Morgan fingerprint density at radius 3 is 2.80 bits per heavy atom. The van der Waals surface area contributed by atoms with Crippen LogP contribution in [-0.2, 0) is 13.0 Å². The lowest BCUT2D eigenvalue weighted by atomic mass is 9.77. The number of aliphatic hydroxyl groups excluding tert-OH is 1. The molecule has 0 amide bonds. The van der Waals surface area contributed by atoms with E-state index in [-0.39, 0.29) is 18.8 Å². The summed E-state index contributed by atoms with van der Waals surface area (Å²) in [5, 5.41) is 14.3. The highest BCUT2D eigenvalue weighted by molar-refractivity contribution is 5.06.